The minimum atomic E-state index is -5.08. The zero-order chi connectivity index (χ0) is 34.8. The molecule has 0 saturated carbocycles. The van der Waals surface area contributed by atoms with Gasteiger partial charge in [-0.1, -0.05) is 12.1 Å². The van der Waals surface area contributed by atoms with E-state index in [-0.39, 0.29) is 30.1 Å². The van der Waals surface area contributed by atoms with Crippen molar-refractivity contribution in [2.75, 3.05) is 37.6 Å². The topological polar surface area (TPSA) is 167 Å². The Labute approximate surface area is 252 Å². The summed E-state index contributed by atoms with van der Waals surface area (Å²) in [5, 5.41) is 23.6. The van der Waals surface area contributed by atoms with E-state index in [4.69, 9.17) is 25.5 Å². The van der Waals surface area contributed by atoms with Crippen molar-refractivity contribution < 1.29 is 59.3 Å². The number of nitrogens with two attached hydrogens (primary N) is 1. The molecule has 2 heterocycles. The Kier molecular flexibility index (Phi) is 12.9. The zero-order valence-electron chi connectivity index (χ0n) is 23.2. The van der Waals surface area contributed by atoms with E-state index < -0.39 is 41.9 Å². The molecule has 3 aromatic rings. The van der Waals surface area contributed by atoms with Crippen LogP contribution in [0.2, 0.25) is 0 Å². The van der Waals surface area contributed by atoms with Gasteiger partial charge in [0.25, 0.3) is 6.08 Å². The van der Waals surface area contributed by atoms with E-state index in [1.807, 2.05) is 24.3 Å². The van der Waals surface area contributed by atoms with E-state index in [2.05, 4.69) is 20.4 Å². The predicted molar refractivity (Wildman–Crippen MR) is 144 cm³/mol. The number of nitrogens with one attached hydrogen (secondary N) is 2. The Morgan fingerprint density at radius 3 is 1.83 bits per heavy atom. The van der Waals surface area contributed by atoms with Gasteiger partial charge in [-0.2, -0.15) is 40.2 Å². The third-order valence-corrected chi connectivity index (χ3v) is 5.98. The number of aromatic amines is 1. The molecule has 1 aliphatic heterocycles. The summed E-state index contributed by atoms with van der Waals surface area (Å²) in [5.41, 5.74) is 6.69. The Morgan fingerprint density at radius 1 is 0.891 bits per heavy atom. The molecule has 11 nitrogen and oxygen atoms in total. The van der Waals surface area contributed by atoms with E-state index in [0.29, 0.717) is 11.1 Å². The van der Waals surface area contributed by atoms with Crippen molar-refractivity contribution in [2.24, 2.45) is 5.73 Å². The van der Waals surface area contributed by atoms with Crippen LogP contribution in [0, 0.1) is 5.82 Å². The molecule has 0 amide bonds. The van der Waals surface area contributed by atoms with Crippen LogP contribution in [0.3, 0.4) is 0 Å². The first-order valence-electron chi connectivity index (χ1n) is 12.7. The summed E-state index contributed by atoms with van der Waals surface area (Å²) in [5.74, 6) is -6.03. The number of hydrogen-bond acceptors (Lipinski definition) is 7. The normalized spacial score (nSPS) is 13.1. The molecule has 0 spiro atoms. The lowest BCUT2D eigenvalue weighted by Crippen LogP contribution is -2.43. The number of halogens is 9. The van der Waals surface area contributed by atoms with Crippen LogP contribution in [-0.4, -0.2) is 82.0 Å². The van der Waals surface area contributed by atoms with Crippen LogP contribution in [0.5, 0.6) is 0 Å². The molecule has 4 rings (SSSR count). The molecular weight excluding hydrogens is 647 g/mol. The highest BCUT2D eigenvalue weighted by Crippen LogP contribution is 2.27. The third kappa shape index (κ3) is 10.6. The Morgan fingerprint density at radius 2 is 1.39 bits per heavy atom. The van der Waals surface area contributed by atoms with Gasteiger partial charge in [-0.3, -0.25) is 0 Å². The monoisotopic (exact) mass is 672 g/mol. The summed E-state index contributed by atoms with van der Waals surface area (Å²) in [6.07, 6.45) is -12.4. The molecule has 20 heteroatoms. The number of carboxylic acids is 2. The number of alkyl halides is 6. The average Bonchev–Trinajstić information content (AvgIpc) is 3.35. The summed E-state index contributed by atoms with van der Waals surface area (Å²) in [6, 6.07) is 11.9. The van der Waals surface area contributed by atoms with E-state index in [9.17, 15) is 44.3 Å². The van der Waals surface area contributed by atoms with Crippen LogP contribution in [0.25, 0.3) is 16.8 Å². The lowest BCUT2D eigenvalue weighted by Gasteiger charge is -2.29. The molecule has 2 aromatic carbocycles. The van der Waals surface area contributed by atoms with E-state index in [1.165, 1.54) is 6.07 Å². The summed E-state index contributed by atoms with van der Waals surface area (Å²) in [7, 11) is 0. The minimum Gasteiger partial charge on any atom is -0.475 e. The molecule has 1 saturated heterocycles. The number of aromatic nitrogens is 3. The number of piperazine rings is 1. The molecule has 46 heavy (non-hydrogen) atoms. The van der Waals surface area contributed by atoms with Gasteiger partial charge in [-0.15, -0.1) is 0 Å². The first-order chi connectivity index (χ1) is 21.4. The number of aliphatic carboxylic acids is 2. The van der Waals surface area contributed by atoms with Crippen molar-refractivity contribution in [3.8, 4) is 16.8 Å². The van der Waals surface area contributed by atoms with Crippen molar-refractivity contribution >= 4 is 17.6 Å². The number of rotatable bonds is 6. The van der Waals surface area contributed by atoms with Crippen LogP contribution in [0.4, 0.5) is 45.2 Å². The largest absolute Gasteiger partial charge is 0.490 e. The first kappa shape index (κ1) is 37.3. The van der Waals surface area contributed by atoms with Crippen molar-refractivity contribution in [1.82, 2.24) is 20.1 Å². The SMILES string of the molecule is NCC(Cc1n[nH]c(=O)n1-c1ccc(-c2ccc(N3CCNCC3)cc2)c(F)c1)=C(F)F.O=C(O)C(F)(F)F.O=C(O)C(F)(F)F. The molecule has 0 bridgehead atoms. The Hall–Kier alpha value is -4.85. The number of H-pyrrole nitrogens is 1. The number of nitrogens with zero attached hydrogens (tertiary/aromatic N) is 3. The molecule has 252 valence electrons. The summed E-state index contributed by atoms with van der Waals surface area (Å²) < 4.78 is 106. The predicted octanol–water partition coefficient (Wildman–Crippen LogP) is 3.69. The molecule has 6 N–H and O–H groups in total. The molecule has 0 unspecified atom stereocenters. The summed E-state index contributed by atoms with van der Waals surface area (Å²) in [6.45, 7) is 3.30. The molecule has 1 aromatic heterocycles. The number of carboxylic acid groups (broad SMARTS) is 2. The Bertz CT molecular complexity index is 1550. The number of carbonyl (C=O) groups is 2. The van der Waals surface area contributed by atoms with Gasteiger partial charge in [-0.05, 0) is 35.9 Å². The fourth-order valence-corrected chi connectivity index (χ4v) is 3.77. The van der Waals surface area contributed by atoms with Crippen LogP contribution in [0.15, 0.2) is 58.9 Å². The summed E-state index contributed by atoms with van der Waals surface area (Å²) in [4.78, 5) is 32.3. The van der Waals surface area contributed by atoms with Crippen LogP contribution in [-0.2, 0) is 16.0 Å². The van der Waals surface area contributed by atoms with E-state index in [0.717, 1.165) is 36.4 Å². The fourth-order valence-electron chi connectivity index (χ4n) is 3.77. The minimum absolute atomic E-state index is 0.0239. The fraction of sp³-hybridized carbons (Fsp3) is 0.308. The second kappa shape index (κ2) is 15.9. The molecule has 1 aliphatic rings. The highest BCUT2D eigenvalue weighted by atomic mass is 19.4. The quantitative estimate of drug-likeness (QED) is 0.246. The van der Waals surface area contributed by atoms with Gasteiger partial charge in [-0.25, -0.2) is 28.4 Å². The second-order valence-corrected chi connectivity index (χ2v) is 9.08. The van der Waals surface area contributed by atoms with Gasteiger partial charge in [0.1, 0.15) is 11.6 Å². The van der Waals surface area contributed by atoms with Crippen molar-refractivity contribution in [2.45, 2.75) is 18.8 Å². The van der Waals surface area contributed by atoms with E-state index in [1.54, 1.807) is 12.1 Å². The first-order valence-corrected chi connectivity index (χ1v) is 12.7. The van der Waals surface area contributed by atoms with Crippen molar-refractivity contribution in [3.05, 3.63) is 76.2 Å². The van der Waals surface area contributed by atoms with E-state index >= 15 is 0 Å². The van der Waals surface area contributed by atoms with Crippen molar-refractivity contribution in [3.63, 3.8) is 0 Å². The molecule has 0 radical (unpaired) electrons. The second-order valence-electron chi connectivity index (χ2n) is 9.08. The highest BCUT2D eigenvalue weighted by Gasteiger charge is 2.38. The van der Waals surface area contributed by atoms with Crippen LogP contribution in [0.1, 0.15) is 5.82 Å². The lowest BCUT2D eigenvalue weighted by atomic mass is 10.0. The number of benzene rings is 2. The maximum atomic E-state index is 15.0. The maximum Gasteiger partial charge on any atom is 0.490 e. The van der Waals surface area contributed by atoms with Gasteiger partial charge in [0.15, 0.2) is 0 Å². The summed E-state index contributed by atoms with van der Waals surface area (Å²) >= 11 is 0. The molecule has 1 fully saturated rings. The van der Waals surface area contributed by atoms with Gasteiger partial charge < -0.3 is 26.2 Å². The standard InChI is InChI=1S/C22H23F3N6O.2C2HF3O2/c23-19-12-17(31-20(28-29-22(31)32)11-15(13-26)21(24)25)5-6-18(19)14-1-3-16(4-2-14)30-9-7-27-8-10-30;2*3-2(4,5)1(6)7/h1-6,12,27H,7-11,13,26H2,(H,29,32);2*(H,6,7). The third-order valence-electron chi connectivity index (χ3n) is 5.98. The van der Waals surface area contributed by atoms with Crippen LogP contribution >= 0.6 is 0 Å². The molecule has 0 aliphatic carbocycles. The van der Waals surface area contributed by atoms with Gasteiger partial charge in [0.05, 0.1) is 5.69 Å². The van der Waals surface area contributed by atoms with Crippen LogP contribution < -0.4 is 21.6 Å². The zero-order valence-corrected chi connectivity index (χ0v) is 23.2. The van der Waals surface area contributed by atoms with Crippen molar-refractivity contribution in [1.29, 1.82) is 0 Å². The lowest BCUT2D eigenvalue weighted by molar-refractivity contribution is -0.193. The Balaban J connectivity index is 0.000000440. The number of anilines is 1. The average molecular weight is 673 g/mol. The van der Waals surface area contributed by atoms with Gasteiger partial charge in [0.2, 0.25) is 0 Å². The van der Waals surface area contributed by atoms with Gasteiger partial charge in [0, 0.05) is 56.0 Å². The molecular formula is C26H25F9N6O5. The highest BCUT2D eigenvalue weighted by molar-refractivity contribution is 5.73. The smallest absolute Gasteiger partial charge is 0.475 e. The molecule has 0 atom stereocenters. The maximum absolute atomic E-state index is 15.0. The van der Waals surface area contributed by atoms with Gasteiger partial charge >= 0.3 is 30.0 Å². The number of hydrogen-bond donors (Lipinski definition) is 5.